The maximum Gasteiger partial charge on any atom is 0.490 e. The predicted octanol–water partition coefficient (Wildman–Crippen LogP) is 3.25. The van der Waals surface area contributed by atoms with Crippen LogP contribution in [0.1, 0.15) is 111 Å². The second kappa shape index (κ2) is 25.6. The van der Waals surface area contributed by atoms with Crippen LogP contribution >= 0.6 is 0 Å². The van der Waals surface area contributed by atoms with E-state index in [2.05, 4.69) is 15.6 Å². The van der Waals surface area contributed by atoms with Crippen LogP contribution in [0.15, 0.2) is 29.3 Å². The highest BCUT2D eigenvalue weighted by Crippen LogP contribution is 2.29. The van der Waals surface area contributed by atoms with Gasteiger partial charge in [-0.05, 0) is 109 Å². The molecule has 0 unspecified atom stereocenters. The first-order chi connectivity index (χ1) is 29.9. The van der Waals surface area contributed by atoms with Gasteiger partial charge in [-0.2, -0.15) is 13.2 Å². The predicted molar refractivity (Wildman–Crippen MR) is 235 cm³/mol. The number of nitrogens with one attached hydrogen (secondary N) is 2. The molecule has 2 aliphatic rings. The molecule has 0 spiro atoms. The van der Waals surface area contributed by atoms with Gasteiger partial charge in [0.25, 0.3) is 5.91 Å². The number of nitrogen functional groups attached to an aromatic ring is 1. The summed E-state index contributed by atoms with van der Waals surface area (Å²) in [6, 6.07) is 2.82. The molecule has 1 aliphatic heterocycles. The van der Waals surface area contributed by atoms with Crippen LogP contribution in [-0.2, 0) is 35.2 Å². The van der Waals surface area contributed by atoms with Crippen molar-refractivity contribution in [2.75, 3.05) is 25.4 Å². The van der Waals surface area contributed by atoms with Crippen molar-refractivity contribution in [3.05, 3.63) is 29.8 Å². The van der Waals surface area contributed by atoms with Crippen LogP contribution in [0.5, 0.6) is 0 Å². The second-order valence-corrected chi connectivity index (χ2v) is 17.3. The topological polar surface area (TPSA) is 290 Å². The minimum atomic E-state index is -5.08. The van der Waals surface area contributed by atoms with E-state index in [4.69, 9.17) is 32.8 Å². The number of carboxylic acid groups (broad SMARTS) is 1. The summed E-state index contributed by atoms with van der Waals surface area (Å²) in [7, 11) is 0. The number of amides is 7. The number of guanidine groups is 1. The molecule has 1 saturated heterocycles. The summed E-state index contributed by atoms with van der Waals surface area (Å²) in [4.78, 5) is 101. The Bertz CT molecular complexity index is 1760. The minimum Gasteiger partial charge on any atom is -0.475 e. The largest absolute Gasteiger partial charge is 0.490 e. The molecule has 21 heteroatoms. The van der Waals surface area contributed by atoms with Gasteiger partial charge in [0.15, 0.2) is 5.96 Å². The van der Waals surface area contributed by atoms with Gasteiger partial charge in [-0.15, -0.1) is 0 Å². The minimum absolute atomic E-state index is 0.0290. The Morgan fingerprint density at radius 1 is 0.844 bits per heavy atom. The van der Waals surface area contributed by atoms with Crippen LogP contribution in [0, 0.1) is 17.8 Å². The third-order valence-electron chi connectivity index (χ3n) is 11.1. The first kappa shape index (κ1) is 54.5. The second-order valence-electron chi connectivity index (χ2n) is 17.3. The molecule has 0 bridgehead atoms. The molecule has 1 saturated carbocycles. The lowest BCUT2D eigenvalue weighted by Crippen LogP contribution is -2.60. The number of halogens is 3. The summed E-state index contributed by atoms with van der Waals surface area (Å²) >= 11 is 0. The number of rotatable bonds is 19. The van der Waals surface area contributed by atoms with Gasteiger partial charge in [-0.25, -0.2) is 9.59 Å². The number of primary amides is 1. The number of urea groups is 1. The fraction of sp³-hybridized carbons (Fsp3) is 0.674. The van der Waals surface area contributed by atoms with E-state index in [0.717, 1.165) is 29.7 Å². The molecule has 1 heterocycles. The summed E-state index contributed by atoms with van der Waals surface area (Å²) in [5, 5.41) is 12.9. The molecule has 3 rings (SSSR count). The molecular formula is C43H69F3N10O8. The van der Waals surface area contributed by atoms with Gasteiger partial charge in [0.2, 0.25) is 23.6 Å². The zero-order chi connectivity index (χ0) is 48.5. The highest BCUT2D eigenvalue weighted by atomic mass is 19.4. The molecule has 11 N–H and O–H groups in total. The van der Waals surface area contributed by atoms with E-state index < -0.39 is 65.8 Å². The molecule has 18 nitrogen and oxygen atoms in total. The van der Waals surface area contributed by atoms with Crippen LogP contribution in [0.25, 0.3) is 0 Å². The van der Waals surface area contributed by atoms with E-state index in [-0.39, 0.29) is 61.7 Å². The van der Waals surface area contributed by atoms with Gasteiger partial charge >= 0.3 is 18.2 Å². The van der Waals surface area contributed by atoms with E-state index in [1.165, 1.54) is 4.90 Å². The molecule has 0 aromatic heterocycles. The van der Waals surface area contributed by atoms with E-state index >= 15 is 0 Å². The Morgan fingerprint density at radius 3 is 1.92 bits per heavy atom. The maximum atomic E-state index is 14.9. The SMILES string of the molecule is CC(C)C[C@H](NC(=O)N(CCCCN=C(N)N)C(=O)[C@@H](NC(=O)[C@H](Cc1ccc(N)cc1)C(=O)N(C(C)C)C(C)C)C1CCCCC1)C(=O)N1CCC[C@H]1C(N)=O.O=C(O)C(F)(F)F. The number of carbonyl (C=O) groups excluding carboxylic acids is 6. The fourth-order valence-corrected chi connectivity index (χ4v) is 8.09. The van der Waals surface area contributed by atoms with Crippen molar-refractivity contribution in [3.63, 3.8) is 0 Å². The van der Waals surface area contributed by atoms with E-state index in [1.54, 1.807) is 29.2 Å². The first-order valence-electron chi connectivity index (χ1n) is 21.9. The monoisotopic (exact) mass is 911 g/mol. The van der Waals surface area contributed by atoms with Crippen molar-refractivity contribution in [2.45, 2.75) is 149 Å². The third-order valence-corrected chi connectivity index (χ3v) is 11.1. The molecule has 2 fully saturated rings. The molecule has 360 valence electrons. The van der Waals surface area contributed by atoms with E-state index in [0.29, 0.717) is 50.8 Å². The van der Waals surface area contributed by atoms with Crippen LogP contribution in [0.3, 0.4) is 0 Å². The zero-order valence-electron chi connectivity index (χ0n) is 37.9. The lowest BCUT2D eigenvalue weighted by atomic mass is 9.82. The van der Waals surface area contributed by atoms with Gasteiger partial charge in [-0.1, -0.05) is 45.2 Å². The lowest BCUT2D eigenvalue weighted by Gasteiger charge is -2.37. The zero-order valence-corrected chi connectivity index (χ0v) is 37.9. The summed E-state index contributed by atoms with van der Waals surface area (Å²) in [6.45, 7) is 11.9. The molecule has 7 amide bonds. The Kier molecular flexibility index (Phi) is 21.8. The number of carboxylic acids is 1. The van der Waals surface area contributed by atoms with Crippen LogP contribution in [-0.4, -0.2) is 123 Å². The molecule has 0 radical (unpaired) electrons. The van der Waals surface area contributed by atoms with Gasteiger partial charge < -0.3 is 48.5 Å². The summed E-state index contributed by atoms with van der Waals surface area (Å²) < 4.78 is 31.7. The number of unbranched alkanes of at least 4 members (excludes halogenated alkanes) is 1. The quantitative estimate of drug-likeness (QED) is 0.0348. The number of alkyl halides is 3. The number of nitrogens with zero attached hydrogens (tertiary/aromatic N) is 4. The summed E-state index contributed by atoms with van der Waals surface area (Å²) in [5.74, 6) is -7.02. The number of carbonyl (C=O) groups is 7. The van der Waals surface area contributed by atoms with Gasteiger partial charge in [0, 0.05) is 37.4 Å². The number of benzene rings is 1. The number of likely N-dealkylation sites (tertiary alicyclic amines) is 1. The fourth-order valence-electron chi connectivity index (χ4n) is 8.09. The van der Waals surface area contributed by atoms with Gasteiger partial charge in [0.05, 0.1) is 0 Å². The third kappa shape index (κ3) is 17.2. The van der Waals surface area contributed by atoms with Crippen molar-refractivity contribution in [1.29, 1.82) is 0 Å². The first-order valence-corrected chi connectivity index (χ1v) is 21.9. The van der Waals surface area contributed by atoms with Crippen molar-refractivity contribution < 1.29 is 51.8 Å². The Morgan fingerprint density at radius 2 is 1.42 bits per heavy atom. The molecule has 1 aromatic rings. The smallest absolute Gasteiger partial charge is 0.475 e. The number of hydrogen-bond donors (Lipinski definition) is 7. The molecular weight excluding hydrogens is 842 g/mol. The highest BCUT2D eigenvalue weighted by Gasteiger charge is 2.42. The van der Waals surface area contributed by atoms with Gasteiger partial charge in [0.1, 0.15) is 24.0 Å². The number of imide groups is 1. The standard InChI is InChI=1S/C41H68N10O6.C2HF3O2/c1-25(2)23-32(38(55)49-22-12-15-33(49)35(43)52)47-41(57)50(21-11-10-20-46-40(44)45)39(56)34(29-13-8-7-9-14-29)48-36(53)31(24-28-16-18-30(42)19-17-28)37(54)51(26(3)4)27(5)6;3-2(4,5)1(6)7/h16-19,25-27,29,31-34H,7-15,20-24,42H2,1-6H3,(H2,43,52)(H,47,57)(H,48,53)(H4,44,45,46);(H,6,7)/t31-,32-,33-,34-;/m0./s1. The number of aliphatic imine (C=N–C) groups is 1. The average molecular weight is 911 g/mol. The molecule has 1 aliphatic carbocycles. The summed E-state index contributed by atoms with van der Waals surface area (Å²) in [6.07, 6.45) is 0.939. The lowest BCUT2D eigenvalue weighted by molar-refractivity contribution is -0.192. The Hall–Kier alpha value is -5.63. The van der Waals surface area contributed by atoms with Crippen LogP contribution in [0.4, 0.5) is 23.7 Å². The van der Waals surface area contributed by atoms with Crippen molar-refractivity contribution in [3.8, 4) is 0 Å². The van der Waals surface area contributed by atoms with E-state index in [9.17, 15) is 41.9 Å². The Labute approximate surface area is 373 Å². The van der Waals surface area contributed by atoms with Crippen molar-refractivity contribution in [1.82, 2.24) is 25.3 Å². The highest BCUT2D eigenvalue weighted by molar-refractivity contribution is 6.04. The van der Waals surface area contributed by atoms with Gasteiger partial charge in [-0.3, -0.25) is 33.9 Å². The summed E-state index contributed by atoms with van der Waals surface area (Å²) in [5.41, 5.74) is 23.9. The number of aliphatic carboxylic acids is 1. The maximum absolute atomic E-state index is 14.9. The van der Waals surface area contributed by atoms with Crippen LogP contribution in [0.2, 0.25) is 0 Å². The van der Waals surface area contributed by atoms with E-state index in [1.807, 2.05) is 41.5 Å². The molecule has 64 heavy (non-hydrogen) atoms. The van der Waals surface area contributed by atoms with Crippen molar-refractivity contribution >= 4 is 53.2 Å². The Balaban J connectivity index is 0.00000185. The van der Waals surface area contributed by atoms with Crippen LogP contribution < -0.4 is 33.6 Å². The molecule has 4 atom stereocenters. The normalized spacial score (nSPS) is 16.8. The average Bonchev–Trinajstić information content (AvgIpc) is 3.70. The number of hydrogen-bond acceptors (Lipinski definition) is 9. The van der Waals surface area contributed by atoms with Crippen molar-refractivity contribution in [2.24, 2.45) is 39.9 Å². The number of anilines is 1. The number of nitrogens with two attached hydrogens (primary N) is 4. The molecule has 1 aromatic carbocycles.